The van der Waals surface area contributed by atoms with Crippen LogP contribution in [0.4, 0.5) is 0 Å². The molecule has 0 saturated heterocycles. The van der Waals surface area contributed by atoms with Crippen LogP contribution in [0.15, 0.2) is 60.7 Å². The van der Waals surface area contributed by atoms with Crippen LogP contribution < -0.4 is 0 Å². The zero-order valence-electron chi connectivity index (χ0n) is 17.2. The number of hydrogen-bond acceptors (Lipinski definition) is 1. The number of carbonyl (C=O) groups is 1. The number of carbonyl (C=O) groups excluding carboxylic acids is 1. The van der Waals surface area contributed by atoms with Crippen LogP contribution in [-0.4, -0.2) is 5.78 Å². The van der Waals surface area contributed by atoms with Crippen molar-refractivity contribution in [2.24, 2.45) is 10.8 Å². The summed E-state index contributed by atoms with van der Waals surface area (Å²) in [5.41, 5.74) is 2.38. The van der Waals surface area contributed by atoms with Gasteiger partial charge >= 0.3 is 0 Å². The van der Waals surface area contributed by atoms with Gasteiger partial charge in [0.1, 0.15) is 5.78 Å². The summed E-state index contributed by atoms with van der Waals surface area (Å²) in [5.74, 6) is 0.604. The Balaban J connectivity index is 1.67. The van der Waals surface area contributed by atoms with Crippen molar-refractivity contribution >= 4 is 5.78 Å². The van der Waals surface area contributed by atoms with E-state index in [1.165, 1.54) is 49.7 Å². The highest BCUT2D eigenvalue weighted by Crippen LogP contribution is 2.50. The molecule has 2 aliphatic rings. The van der Waals surface area contributed by atoms with Crippen molar-refractivity contribution in [1.29, 1.82) is 0 Å². The summed E-state index contributed by atoms with van der Waals surface area (Å²) in [7, 11) is 0. The van der Waals surface area contributed by atoms with Crippen LogP contribution >= 0.6 is 0 Å². The molecular formula is C27H34O. The maximum atomic E-state index is 14.4. The summed E-state index contributed by atoms with van der Waals surface area (Å²) < 4.78 is 0. The van der Waals surface area contributed by atoms with Gasteiger partial charge in [-0.15, -0.1) is 0 Å². The molecule has 0 unspecified atom stereocenters. The topological polar surface area (TPSA) is 17.1 Å². The number of Topliss-reactive ketones (excluding diaryl/α,β-unsaturated/α-hetero) is 1. The first kappa shape index (κ1) is 19.4. The van der Waals surface area contributed by atoms with Gasteiger partial charge in [-0.1, -0.05) is 99.2 Å². The average Bonchev–Trinajstić information content (AvgIpc) is 2.76. The average molecular weight is 375 g/mol. The molecule has 2 aromatic rings. The highest BCUT2D eigenvalue weighted by atomic mass is 16.1. The lowest BCUT2D eigenvalue weighted by Gasteiger charge is -2.46. The van der Waals surface area contributed by atoms with Crippen LogP contribution in [0.1, 0.15) is 75.3 Å². The van der Waals surface area contributed by atoms with Crippen LogP contribution in [0.25, 0.3) is 0 Å². The first-order valence-corrected chi connectivity index (χ1v) is 11.4. The van der Waals surface area contributed by atoms with Crippen molar-refractivity contribution in [2.75, 3.05) is 0 Å². The predicted octanol–water partition coefficient (Wildman–Crippen LogP) is 6.94. The quantitative estimate of drug-likeness (QED) is 0.535. The van der Waals surface area contributed by atoms with Crippen LogP contribution in [0, 0.1) is 10.8 Å². The van der Waals surface area contributed by atoms with E-state index in [0.29, 0.717) is 5.78 Å². The molecule has 0 amide bonds. The highest BCUT2D eigenvalue weighted by molar-refractivity contribution is 5.91. The fourth-order valence-electron chi connectivity index (χ4n) is 5.96. The highest BCUT2D eigenvalue weighted by Gasteiger charge is 2.50. The molecule has 0 spiro atoms. The normalized spacial score (nSPS) is 21.1. The Kier molecular flexibility index (Phi) is 5.99. The standard InChI is InChI=1S/C27H34O/c28-25(26(17-9-3-10-18-26)21-23-13-5-1-6-14-23)27(19-11-4-12-20-27)22-24-15-7-2-8-16-24/h1-2,5-8,13-16H,3-4,9-12,17-22H2. The molecule has 0 aromatic heterocycles. The summed E-state index contributed by atoms with van der Waals surface area (Å²) in [6, 6.07) is 21.5. The maximum absolute atomic E-state index is 14.4. The van der Waals surface area contributed by atoms with Gasteiger partial charge in [-0.3, -0.25) is 4.79 Å². The van der Waals surface area contributed by atoms with Gasteiger partial charge in [0.25, 0.3) is 0 Å². The number of ketones is 1. The summed E-state index contributed by atoms with van der Waals surface area (Å²) in [4.78, 5) is 14.4. The van der Waals surface area contributed by atoms with Crippen molar-refractivity contribution < 1.29 is 4.79 Å². The van der Waals surface area contributed by atoms with Gasteiger partial charge < -0.3 is 0 Å². The smallest absolute Gasteiger partial charge is 0.145 e. The van der Waals surface area contributed by atoms with E-state index in [9.17, 15) is 4.79 Å². The molecule has 0 aliphatic heterocycles. The minimum atomic E-state index is -0.147. The predicted molar refractivity (Wildman–Crippen MR) is 116 cm³/mol. The Morgan fingerprint density at radius 2 is 0.929 bits per heavy atom. The van der Waals surface area contributed by atoms with Crippen molar-refractivity contribution in [1.82, 2.24) is 0 Å². The molecule has 2 aliphatic carbocycles. The van der Waals surface area contributed by atoms with Crippen LogP contribution in [0.2, 0.25) is 0 Å². The Hall–Kier alpha value is -1.89. The fourth-order valence-corrected chi connectivity index (χ4v) is 5.96. The van der Waals surface area contributed by atoms with Crippen molar-refractivity contribution in [3.05, 3.63) is 71.8 Å². The molecule has 4 rings (SSSR count). The molecule has 1 heteroatoms. The molecule has 1 nitrogen and oxygen atoms in total. The zero-order valence-corrected chi connectivity index (χ0v) is 17.2. The van der Waals surface area contributed by atoms with Crippen molar-refractivity contribution in [2.45, 2.75) is 77.0 Å². The fraction of sp³-hybridized carbons (Fsp3) is 0.519. The van der Waals surface area contributed by atoms with Gasteiger partial charge in [-0.05, 0) is 49.7 Å². The molecule has 0 radical (unpaired) electrons. The minimum Gasteiger partial charge on any atom is -0.298 e. The molecule has 0 bridgehead atoms. The zero-order chi connectivity index (χ0) is 19.3. The lowest BCUT2D eigenvalue weighted by Crippen LogP contribution is -2.48. The molecule has 28 heavy (non-hydrogen) atoms. The van der Waals surface area contributed by atoms with E-state index in [1.54, 1.807) is 0 Å². The van der Waals surface area contributed by atoms with Gasteiger partial charge in [0, 0.05) is 10.8 Å². The third-order valence-electron chi connectivity index (χ3n) is 7.36. The molecular weight excluding hydrogens is 340 g/mol. The van der Waals surface area contributed by atoms with Crippen LogP contribution in [0.3, 0.4) is 0 Å². The van der Waals surface area contributed by atoms with Crippen molar-refractivity contribution in [3.63, 3.8) is 0 Å². The largest absolute Gasteiger partial charge is 0.298 e. The minimum absolute atomic E-state index is 0.147. The second kappa shape index (κ2) is 8.64. The van der Waals surface area contributed by atoms with E-state index >= 15 is 0 Å². The lowest BCUT2D eigenvalue weighted by atomic mass is 9.56. The summed E-state index contributed by atoms with van der Waals surface area (Å²) in [5, 5.41) is 0. The second-order valence-electron chi connectivity index (χ2n) is 9.34. The van der Waals surface area contributed by atoms with E-state index in [-0.39, 0.29) is 10.8 Å². The van der Waals surface area contributed by atoms with E-state index < -0.39 is 0 Å². The third-order valence-corrected chi connectivity index (χ3v) is 7.36. The first-order valence-electron chi connectivity index (χ1n) is 11.4. The summed E-state index contributed by atoms with van der Waals surface area (Å²) >= 11 is 0. The number of rotatable bonds is 6. The van der Waals surface area contributed by atoms with Crippen molar-refractivity contribution in [3.8, 4) is 0 Å². The number of hydrogen-bond donors (Lipinski definition) is 0. The number of benzene rings is 2. The van der Waals surface area contributed by atoms with E-state index in [0.717, 1.165) is 38.5 Å². The Morgan fingerprint density at radius 3 is 1.29 bits per heavy atom. The SMILES string of the molecule is O=C(C1(Cc2ccccc2)CCCCC1)C1(Cc2ccccc2)CCCCC1. The van der Waals surface area contributed by atoms with Gasteiger partial charge in [0.05, 0.1) is 0 Å². The molecule has 148 valence electrons. The van der Waals surface area contributed by atoms with E-state index in [2.05, 4.69) is 60.7 Å². The Bertz CT molecular complexity index is 684. The van der Waals surface area contributed by atoms with Gasteiger partial charge in [0.15, 0.2) is 0 Å². The molecule has 2 aromatic carbocycles. The molecule has 0 heterocycles. The molecule has 0 N–H and O–H groups in total. The van der Waals surface area contributed by atoms with E-state index in [4.69, 9.17) is 0 Å². The van der Waals surface area contributed by atoms with Gasteiger partial charge in [0.2, 0.25) is 0 Å². The Labute approximate surface area is 170 Å². The van der Waals surface area contributed by atoms with Gasteiger partial charge in [-0.25, -0.2) is 0 Å². The summed E-state index contributed by atoms with van der Waals surface area (Å²) in [6.07, 6.45) is 13.6. The van der Waals surface area contributed by atoms with E-state index in [1.807, 2.05) is 0 Å². The van der Waals surface area contributed by atoms with Crippen LogP contribution in [0.5, 0.6) is 0 Å². The molecule has 0 atom stereocenters. The van der Waals surface area contributed by atoms with Gasteiger partial charge in [-0.2, -0.15) is 0 Å². The van der Waals surface area contributed by atoms with Crippen LogP contribution in [-0.2, 0) is 17.6 Å². The third kappa shape index (κ3) is 4.09. The summed E-state index contributed by atoms with van der Waals surface area (Å²) in [6.45, 7) is 0. The maximum Gasteiger partial charge on any atom is 0.145 e. The Morgan fingerprint density at radius 1 is 0.571 bits per heavy atom. The molecule has 2 fully saturated rings. The first-order chi connectivity index (χ1) is 13.7. The monoisotopic (exact) mass is 374 g/mol. The lowest BCUT2D eigenvalue weighted by molar-refractivity contribution is -0.143. The second-order valence-corrected chi connectivity index (χ2v) is 9.34. The molecule has 2 saturated carbocycles.